The first-order chi connectivity index (χ1) is 12.3. The third kappa shape index (κ3) is 4.29. The van der Waals surface area contributed by atoms with Crippen molar-refractivity contribution >= 4 is 23.2 Å². The van der Waals surface area contributed by atoms with Gasteiger partial charge in [0, 0.05) is 0 Å². The van der Waals surface area contributed by atoms with Crippen molar-refractivity contribution in [2.45, 2.75) is 0 Å². The molecule has 0 saturated heterocycles. The number of nitrogens with one attached hydrogen (secondary N) is 1. The topological polar surface area (TPSA) is 85.7 Å². The lowest BCUT2D eigenvalue weighted by Crippen LogP contribution is -2.24. The summed E-state index contributed by atoms with van der Waals surface area (Å²) < 4.78 is 10.6. The molecule has 1 amide bonds. The first kappa shape index (κ1) is 16.4. The zero-order valence-electron chi connectivity index (χ0n) is 13.5. The lowest BCUT2D eigenvalue weighted by atomic mass is 10.3. The number of carbonyl (C=O) groups excluding carboxylic acids is 1. The number of methoxy groups -OCH3 is 1. The zero-order chi connectivity index (χ0) is 17.5. The molecule has 2 aromatic carbocycles. The summed E-state index contributed by atoms with van der Waals surface area (Å²) in [5.41, 5.74) is 4.49. The molecule has 7 nitrogen and oxygen atoms in total. The third-order valence-corrected chi connectivity index (χ3v) is 3.28. The van der Waals surface area contributed by atoms with Gasteiger partial charge in [-0.15, -0.1) is 0 Å². The van der Waals surface area contributed by atoms with Gasteiger partial charge in [-0.05, 0) is 24.3 Å². The molecule has 0 atom stereocenters. The number of ether oxygens (including phenoxy) is 2. The largest absolute Gasteiger partial charge is 0.493 e. The van der Waals surface area contributed by atoms with E-state index in [1.165, 1.54) is 13.3 Å². The number of carbonyl (C=O) groups is 1. The molecule has 3 aromatic rings. The second-order valence-electron chi connectivity index (χ2n) is 5.02. The number of amides is 1. The molecular weight excluding hydrogens is 320 g/mol. The van der Waals surface area contributed by atoms with E-state index in [2.05, 4.69) is 20.5 Å². The lowest BCUT2D eigenvalue weighted by Gasteiger charge is -2.09. The molecule has 0 bridgehead atoms. The van der Waals surface area contributed by atoms with Gasteiger partial charge in [0.2, 0.25) is 0 Å². The maximum absolute atomic E-state index is 11.8. The number of benzene rings is 2. The van der Waals surface area contributed by atoms with E-state index in [0.717, 1.165) is 11.0 Å². The van der Waals surface area contributed by atoms with Gasteiger partial charge in [-0.25, -0.2) is 10.4 Å². The Kier molecular flexibility index (Phi) is 5.16. The summed E-state index contributed by atoms with van der Waals surface area (Å²) in [6.45, 7) is -0.179. The summed E-state index contributed by atoms with van der Waals surface area (Å²) in [6.07, 6.45) is 3.02. The van der Waals surface area contributed by atoms with Crippen LogP contribution in [0.4, 0.5) is 0 Å². The highest BCUT2D eigenvalue weighted by Gasteiger charge is 2.06. The van der Waals surface area contributed by atoms with Gasteiger partial charge in [0.25, 0.3) is 5.91 Å². The van der Waals surface area contributed by atoms with E-state index in [1.807, 2.05) is 30.3 Å². The highest BCUT2D eigenvalue weighted by Crippen LogP contribution is 2.25. The van der Waals surface area contributed by atoms with Crippen molar-refractivity contribution in [2.75, 3.05) is 13.7 Å². The Morgan fingerprint density at radius 3 is 2.64 bits per heavy atom. The number of hydrogen-bond acceptors (Lipinski definition) is 6. The summed E-state index contributed by atoms with van der Waals surface area (Å²) in [5.74, 6) is 0.658. The number of hydrazone groups is 1. The number of nitrogens with zero attached hydrogens (tertiary/aromatic N) is 3. The van der Waals surface area contributed by atoms with Crippen LogP contribution in [0.3, 0.4) is 0 Å². The molecule has 0 fully saturated rings. The van der Waals surface area contributed by atoms with E-state index < -0.39 is 5.91 Å². The molecule has 3 rings (SSSR count). The number of hydrogen-bond donors (Lipinski definition) is 1. The minimum Gasteiger partial charge on any atom is -0.493 e. The summed E-state index contributed by atoms with van der Waals surface area (Å²) in [5, 5.41) is 3.86. The molecule has 0 saturated carbocycles. The van der Waals surface area contributed by atoms with E-state index in [0.29, 0.717) is 17.2 Å². The molecule has 0 aliphatic carbocycles. The van der Waals surface area contributed by atoms with E-state index in [9.17, 15) is 4.79 Å². The Hall–Kier alpha value is -3.48. The highest BCUT2D eigenvalue weighted by molar-refractivity contribution is 5.84. The van der Waals surface area contributed by atoms with Crippen molar-refractivity contribution in [2.24, 2.45) is 5.10 Å². The molecule has 1 N–H and O–H groups in total. The van der Waals surface area contributed by atoms with E-state index >= 15 is 0 Å². The minimum absolute atomic E-state index is 0.179. The number of aromatic nitrogens is 2. The summed E-state index contributed by atoms with van der Waals surface area (Å²) in [4.78, 5) is 20.4. The van der Waals surface area contributed by atoms with Gasteiger partial charge in [-0.3, -0.25) is 9.78 Å². The van der Waals surface area contributed by atoms with Gasteiger partial charge in [0.15, 0.2) is 18.1 Å². The molecule has 7 heteroatoms. The van der Waals surface area contributed by atoms with Crippen LogP contribution in [0.2, 0.25) is 0 Å². The Morgan fingerprint density at radius 1 is 1.12 bits per heavy atom. The fourth-order valence-corrected chi connectivity index (χ4v) is 2.12. The van der Waals surface area contributed by atoms with E-state index in [1.54, 1.807) is 24.4 Å². The SMILES string of the molecule is COc1ccccc1OCC(=O)N/N=C\c1cnc2ccccc2n1. The number of rotatable bonds is 6. The zero-order valence-corrected chi connectivity index (χ0v) is 13.5. The fraction of sp³-hybridized carbons (Fsp3) is 0.111. The summed E-state index contributed by atoms with van der Waals surface area (Å²) >= 11 is 0. The van der Waals surface area contributed by atoms with Crippen molar-refractivity contribution in [3.8, 4) is 11.5 Å². The first-order valence-corrected chi connectivity index (χ1v) is 7.56. The minimum atomic E-state index is -0.393. The van der Waals surface area contributed by atoms with Crippen LogP contribution in [0, 0.1) is 0 Å². The molecule has 126 valence electrons. The summed E-state index contributed by atoms with van der Waals surface area (Å²) in [6, 6.07) is 14.6. The third-order valence-electron chi connectivity index (χ3n) is 3.28. The molecule has 0 spiro atoms. The molecule has 1 heterocycles. The fourth-order valence-electron chi connectivity index (χ4n) is 2.12. The Labute approximate surface area is 144 Å². The van der Waals surface area contributed by atoms with Gasteiger partial charge < -0.3 is 9.47 Å². The molecule has 25 heavy (non-hydrogen) atoms. The molecule has 0 unspecified atom stereocenters. The maximum Gasteiger partial charge on any atom is 0.277 e. The average Bonchev–Trinajstić information content (AvgIpc) is 2.66. The predicted molar refractivity (Wildman–Crippen MR) is 93.8 cm³/mol. The van der Waals surface area contributed by atoms with Gasteiger partial charge in [-0.1, -0.05) is 24.3 Å². The normalized spacial score (nSPS) is 10.8. The van der Waals surface area contributed by atoms with Crippen LogP contribution in [0.1, 0.15) is 5.69 Å². The second-order valence-corrected chi connectivity index (χ2v) is 5.02. The Morgan fingerprint density at radius 2 is 1.84 bits per heavy atom. The second kappa shape index (κ2) is 7.87. The van der Waals surface area contributed by atoms with Crippen LogP contribution < -0.4 is 14.9 Å². The lowest BCUT2D eigenvalue weighted by molar-refractivity contribution is -0.123. The molecule has 0 radical (unpaired) electrons. The van der Waals surface area contributed by atoms with Crippen LogP contribution in [-0.4, -0.2) is 35.8 Å². The van der Waals surface area contributed by atoms with Crippen LogP contribution in [0.5, 0.6) is 11.5 Å². The van der Waals surface area contributed by atoms with Crippen LogP contribution in [-0.2, 0) is 4.79 Å². The van der Waals surface area contributed by atoms with E-state index in [-0.39, 0.29) is 6.61 Å². The van der Waals surface area contributed by atoms with Crippen molar-refractivity contribution < 1.29 is 14.3 Å². The standard InChI is InChI=1S/C18H16N4O3/c1-24-16-8-4-5-9-17(16)25-12-18(23)22-20-11-13-10-19-14-6-2-3-7-15(14)21-13/h2-11H,12H2,1H3,(H,22,23)/b20-11-. The average molecular weight is 336 g/mol. The molecular formula is C18H16N4O3. The summed E-state index contributed by atoms with van der Waals surface area (Å²) in [7, 11) is 1.54. The quantitative estimate of drug-likeness (QED) is 0.551. The van der Waals surface area contributed by atoms with E-state index in [4.69, 9.17) is 9.47 Å². The van der Waals surface area contributed by atoms with Gasteiger partial charge in [-0.2, -0.15) is 5.10 Å². The molecule has 0 aliphatic rings. The Balaban J connectivity index is 1.55. The van der Waals surface area contributed by atoms with Crippen LogP contribution >= 0.6 is 0 Å². The molecule has 0 aliphatic heterocycles. The highest BCUT2D eigenvalue weighted by atomic mass is 16.5. The number of para-hydroxylation sites is 4. The number of fused-ring (bicyclic) bond motifs is 1. The van der Waals surface area contributed by atoms with Gasteiger partial charge >= 0.3 is 0 Å². The first-order valence-electron chi connectivity index (χ1n) is 7.56. The van der Waals surface area contributed by atoms with Crippen molar-refractivity contribution in [3.63, 3.8) is 0 Å². The van der Waals surface area contributed by atoms with Gasteiger partial charge in [0.05, 0.1) is 30.6 Å². The molecule has 1 aromatic heterocycles. The van der Waals surface area contributed by atoms with Crippen LogP contribution in [0.25, 0.3) is 11.0 Å². The Bertz CT molecular complexity index is 911. The van der Waals surface area contributed by atoms with Crippen LogP contribution in [0.15, 0.2) is 59.8 Å². The monoisotopic (exact) mass is 336 g/mol. The van der Waals surface area contributed by atoms with Gasteiger partial charge in [0.1, 0.15) is 5.69 Å². The van der Waals surface area contributed by atoms with Crippen molar-refractivity contribution in [1.29, 1.82) is 0 Å². The van der Waals surface area contributed by atoms with Crippen molar-refractivity contribution in [3.05, 3.63) is 60.4 Å². The smallest absolute Gasteiger partial charge is 0.277 e. The van der Waals surface area contributed by atoms with Crippen molar-refractivity contribution in [1.82, 2.24) is 15.4 Å². The predicted octanol–water partition coefficient (Wildman–Crippen LogP) is 2.17. The maximum atomic E-state index is 11.8.